The molecule has 2 nitrogen and oxygen atoms in total. The molecule has 9 rings (SSSR count). The maximum absolute atomic E-state index is 9.37. The fraction of sp³-hybridized carbons (Fsp3) is 0. The van der Waals surface area contributed by atoms with E-state index in [0.717, 1.165) is 0 Å². The molecule has 2 aromatic heterocycles. The number of furan rings is 2. The smallest absolute Gasteiger partial charge is 0.146 e. The van der Waals surface area contributed by atoms with Crippen molar-refractivity contribution in [2.45, 2.75) is 0 Å². The summed E-state index contributed by atoms with van der Waals surface area (Å²) in [5, 5.41) is -0.284. The predicted molar refractivity (Wildman–Crippen MR) is 167 cm³/mol. The Morgan fingerprint density at radius 3 is 1.85 bits per heavy atom. The van der Waals surface area contributed by atoms with Gasteiger partial charge < -0.3 is 8.83 Å². The van der Waals surface area contributed by atoms with Crippen molar-refractivity contribution in [3.8, 4) is 22.3 Å². The Kier molecular flexibility index (Phi) is 2.39. The normalized spacial score (nSPS) is 17.2. The first-order valence-corrected chi connectivity index (χ1v) is 12.4. The van der Waals surface area contributed by atoms with Crippen LogP contribution < -0.4 is 0 Å². The van der Waals surface area contributed by atoms with Crippen molar-refractivity contribution in [2.24, 2.45) is 0 Å². The molecule has 0 N–H and O–H groups in total. The SMILES string of the molecule is [2H]c1c([2H])c([2H])c2c(-c3c4c([2H])c([2H])c([2H])c([2H])c4c(-c4cc5c6ccccc6oc5c5ccoc45)c4c([2H])c([2H])c([2H])c([2H])c34)c([2H])c([2H])c([2H])c2c1[2H]. The summed E-state index contributed by atoms with van der Waals surface area (Å²) in [5.41, 5.74) is 0.451. The lowest BCUT2D eigenvalue weighted by Crippen LogP contribution is -1.92. The second-order valence-electron chi connectivity index (χ2n) is 9.31. The van der Waals surface area contributed by atoms with Crippen molar-refractivity contribution < 1.29 is 29.4 Å². The molecular weight excluding hydrogens is 488 g/mol. The topological polar surface area (TPSA) is 26.3 Å². The zero-order valence-corrected chi connectivity index (χ0v) is 20.4. The molecule has 0 atom stereocenters. The Morgan fingerprint density at radius 2 is 1.10 bits per heavy atom. The third-order valence-electron chi connectivity index (χ3n) is 7.28. The zero-order chi connectivity index (χ0) is 39.3. The summed E-state index contributed by atoms with van der Waals surface area (Å²) >= 11 is 0. The van der Waals surface area contributed by atoms with Gasteiger partial charge in [0.1, 0.15) is 16.7 Å². The summed E-state index contributed by atoms with van der Waals surface area (Å²) in [7, 11) is 0. The third kappa shape index (κ3) is 2.88. The van der Waals surface area contributed by atoms with E-state index in [-0.39, 0.29) is 43.8 Å². The van der Waals surface area contributed by atoms with Crippen LogP contribution in [0, 0.1) is 0 Å². The van der Waals surface area contributed by atoms with Crippen LogP contribution in [0.1, 0.15) is 20.6 Å². The van der Waals surface area contributed by atoms with E-state index in [2.05, 4.69) is 0 Å². The van der Waals surface area contributed by atoms with Crippen molar-refractivity contribution in [2.75, 3.05) is 0 Å². The van der Waals surface area contributed by atoms with Crippen LogP contribution in [0.5, 0.6) is 0 Å². The lowest BCUT2D eigenvalue weighted by atomic mass is 9.84. The molecule has 9 aromatic rings. The molecule has 0 unspecified atom stereocenters. The Balaban J connectivity index is 1.67. The maximum atomic E-state index is 9.37. The molecule has 2 heteroatoms. The minimum Gasteiger partial charge on any atom is -0.464 e. The molecule has 0 bridgehead atoms. The highest BCUT2D eigenvalue weighted by atomic mass is 16.3. The van der Waals surface area contributed by atoms with Crippen LogP contribution in [-0.2, 0) is 0 Å². The molecule has 40 heavy (non-hydrogen) atoms. The van der Waals surface area contributed by atoms with Crippen molar-refractivity contribution in [1.29, 1.82) is 0 Å². The van der Waals surface area contributed by atoms with Gasteiger partial charge in [0, 0.05) is 21.9 Å². The van der Waals surface area contributed by atoms with Gasteiger partial charge in [0.15, 0.2) is 0 Å². The van der Waals surface area contributed by atoms with Gasteiger partial charge in [-0.25, -0.2) is 0 Å². The van der Waals surface area contributed by atoms with E-state index in [1.54, 1.807) is 24.3 Å². The highest BCUT2D eigenvalue weighted by Crippen LogP contribution is 2.48. The van der Waals surface area contributed by atoms with Gasteiger partial charge in [-0.15, -0.1) is 0 Å². The van der Waals surface area contributed by atoms with Gasteiger partial charge in [-0.2, -0.15) is 0 Å². The van der Waals surface area contributed by atoms with Gasteiger partial charge >= 0.3 is 0 Å². The van der Waals surface area contributed by atoms with Crippen LogP contribution in [0.15, 0.2) is 142 Å². The van der Waals surface area contributed by atoms with Crippen LogP contribution in [0.3, 0.4) is 0 Å². The molecule has 0 spiro atoms. The average molecular weight is 526 g/mol. The second kappa shape index (κ2) is 8.08. The van der Waals surface area contributed by atoms with E-state index in [4.69, 9.17) is 22.5 Å². The minimum atomic E-state index is -0.769. The van der Waals surface area contributed by atoms with Crippen molar-refractivity contribution in [3.63, 3.8) is 0 Å². The number of para-hydroxylation sites is 1. The van der Waals surface area contributed by atoms with Crippen LogP contribution >= 0.6 is 0 Å². The molecular formula is C38H22O2. The Hall–Kier alpha value is -5.34. The monoisotopic (exact) mass is 525 g/mol. The third-order valence-corrected chi connectivity index (χ3v) is 7.28. The van der Waals surface area contributed by atoms with Crippen LogP contribution in [0.25, 0.3) is 87.5 Å². The molecule has 0 saturated carbocycles. The van der Waals surface area contributed by atoms with Gasteiger partial charge in [-0.1, -0.05) is 109 Å². The first kappa shape index (κ1) is 11.8. The summed E-state index contributed by atoms with van der Waals surface area (Å²) in [6.07, 6.45) is 1.40. The Bertz CT molecular complexity index is 3180. The van der Waals surface area contributed by atoms with E-state index in [9.17, 15) is 6.85 Å². The van der Waals surface area contributed by atoms with Crippen molar-refractivity contribution in [3.05, 3.63) is 133 Å². The molecule has 0 radical (unpaired) electrons. The lowest BCUT2D eigenvalue weighted by molar-refractivity contribution is 0.616. The Morgan fingerprint density at radius 1 is 0.475 bits per heavy atom. The van der Waals surface area contributed by atoms with E-state index >= 15 is 0 Å². The summed E-state index contributed by atoms with van der Waals surface area (Å²) in [5.74, 6) is 0. The van der Waals surface area contributed by atoms with Crippen molar-refractivity contribution in [1.82, 2.24) is 0 Å². The fourth-order valence-electron chi connectivity index (χ4n) is 5.65. The van der Waals surface area contributed by atoms with Gasteiger partial charge in [0.2, 0.25) is 0 Å². The van der Waals surface area contributed by atoms with Gasteiger partial charge in [0.05, 0.1) is 32.2 Å². The number of hydrogen-bond donors (Lipinski definition) is 0. The highest BCUT2D eigenvalue weighted by Gasteiger charge is 2.22. The quantitative estimate of drug-likeness (QED) is 0.210. The zero-order valence-electron chi connectivity index (χ0n) is 35.4. The molecule has 2 heterocycles. The maximum Gasteiger partial charge on any atom is 0.146 e. The number of fused-ring (bicyclic) bond motifs is 8. The molecule has 0 aliphatic rings. The standard InChI is InChI=1S/C38H22O2/c1-2-12-24-23(10-1)11-9-18-26(24)35-27-14-3-5-16-29(27)36(30-17-6-4-15-28(30)35)33-22-32-25-13-7-8-19-34(25)40-38(32)31-20-21-39-37(31)33/h1-22H/i1D,2D,3D,4D,5D,6D,9D,10D,11D,12D,14D,15D,16D,17D,18D. The number of rotatable bonds is 2. The molecule has 0 amide bonds. The number of benzene rings is 7. The molecule has 0 aliphatic heterocycles. The van der Waals surface area contributed by atoms with E-state index < -0.39 is 107 Å². The number of hydrogen-bond acceptors (Lipinski definition) is 2. The van der Waals surface area contributed by atoms with Crippen molar-refractivity contribution >= 4 is 65.2 Å². The van der Waals surface area contributed by atoms with Crippen LogP contribution in [0.4, 0.5) is 0 Å². The average Bonchev–Trinajstić information content (AvgIpc) is 3.82. The highest BCUT2D eigenvalue weighted by molar-refractivity contribution is 6.27. The lowest BCUT2D eigenvalue weighted by Gasteiger charge is -2.19. The second-order valence-corrected chi connectivity index (χ2v) is 9.31. The summed E-state index contributed by atoms with van der Waals surface area (Å²) in [4.78, 5) is 0. The van der Waals surface area contributed by atoms with Crippen LogP contribution in [-0.4, -0.2) is 0 Å². The van der Waals surface area contributed by atoms with E-state index in [1.165, 1.54) is 6.26 Å². The summed E-state index contributed by atoms with van der Waals surface area (Å²) < 4.78 is 146. The summed E-state index contributed by atoms with van der Waals surface area (Å²) in [6.45, 7) is 0. The van der Waals surface area contributed by atoms with Gasteiger partial charge in [-0.05, 0) is 61.6 Å². The Labute approximate surface area is 250 Å². The fourth-order valence-corrected chi connectivity index (χ4v) is 5.65. The first-order valence-electron chi connectivity index (χ1n) is 19.9. The molecule has 0 aliphatic carbocycles. The largest absolute Gasteiger partial charge is 0.464 e. The predicted octanol–water partition coefficient (Wildman–Crippen LogP) is 11.1. The van der Waals surface area contributed by atoms with Gasteiger partial charge in [0.25, 0.3) is 0 Å². The molecule has 186 valence electrons. The van der Waals surface area contributed by atoms with E-state index in [0.29, 0.717) is 27.3 Å². The molecule has 0 fully saturated rings. The minimum absolute atomic E-state index is 0.0548. The van der Waals surface area contributed by atoms with Crippen LogP contribution in [0.2, 0.25) is 0 Å². The van der Waals surface area contributed by atoms with E-state index in [1.807, 2.05) is 12.1 Å². The van der Waals surface area contributed by atoms with Gasteiger partial charge in [-0.3, -0.25) is 0 Å². The molecule has 0 saturated heterocycles. The molecule has 7 aromatic carbocycles. The summed E-state index contributed by atoms with van der Waals surface area (Å²) in [6, 6.07) is 0.0342. The first-order chi connectivity index (χ1) is 26.1.